The van der Waals surface area contributed by atoms with E-state index in [2.05, 4.69) is 13.0 Å². The lowest BCUT2D eigenvalue weighted by molar-refractivity contribution is -0.144. The Balaban J connectivity index is 2.28. The highest BCUT2D eigenvalue weighted by Gasteiger charge is 2.46. The van der Waals surface area contributed by atoms with Crippen LogP contribution in [0.25, 0.3) is 0 Å². The fraction of sp³-hybridized carbons (Fsp3) is 0.667. The molecule has 0 atom stereocenters. The van der Waals surface area contributed by atoms with E-state index in [0.717, 1.165) is 19.3 Å². The zero-order valence-electron chi connectivity index (χ0n) is 8.64. The van der Waals surface area contributed by atoms with Gasteiger partial charge in [0.1, 0.15) is 11.6 Å². The second-order valence-corrected chi connectivity index (χ2v) is 4.54. The van der Waals surface area contributed by atoms with Gasteiger partial charge in [0.2, 0.25) is 0 Å². The molecule has 0 unspecified atom stereocenters. The first kappa shape index (κ1) is 9.63. The molecule has 76 valence electrons. The highest BCUT2D eigenvalue weighted by molar-refractivity contribution is 6.09. The number of carbonyl (C=O) groups is 2. The van der Waals surface area contributed by atoms with Crippen LogP contribution >= 0.6 is 0 Å². The number of carbonyl (C=O) groups excluding carboxylic acids is 2. The molecular formula is C12H16O2. The number of Topliss-reactive ketones (excluding diaryl/α,β-unsaturated/α-hetero) is 2. The zero-order chi connectivity index (χ0) is 10.2. The van der Waals surface area contributed by atoms with Gasteiger partial charge >= 0.3 is 0 Å². The van der Waals surface area contributed by atoms with E-state index >= 15 is 0 Å². The van der Waals surface area contributed by atoms with Crippen molar-refractivity contribution < 1.29 is 9.59 Å². The molecule has 0 saturated heterocycles. The van der Waals surface area contributed by atoms with Crippen molar-refractivity contribution in [2.75, 3.05) is 0 Å². The SMILES string of the molecule is CC1=CCC2(CC1)C(=O)CCCC2=O. The summed E-state index contributed by atoms with van der Waals surface area (Å²) in [6.07, 6.45) is 6.39. The Morgan fingerprint density at radius 1 is 1.14 bits per heavy atom. The minimum atomic E-state index is -0.599. The van der Waals surface area contributed by atoms with Crippen LogP contribution in [-0.4, -0.2) is 11.6 Å². The molecule has 1 spiro atoms. The van der Waals surface area contributed by atoms with Gasteiger partial charge in [-0.1, -0.05) is 11.6 Å². The highest BCUT2D eigenvalue weighted by Crippen LogP contribution is 2.42. The van der Waals surface area contributed by atoms with Gasteiger partial charge in [-0.25, -0.2) is 0 Å². The fourth-order valence-corrected chi connectivity index (χ4v) is 2.51. The van der Waals surface area contributed by atoms with Crippen molar-refractivity contribution in [3.05, 3.63) is 11.6 Å². The molecule has 1 saturated carbocycles. The minimum Gasteiger partial charge on any atom is -0.299 e. The largest absolute Gasteiger partial charge is 0.299 e. The molecule has 14 heavy (non-hydrogen) atoms. The van der Waals surface area contributed by atoms with Crippen molar-refractivity contribution in [1.82, 2.24) is 0 Å². The molecule has 0 amide bonds. The monoisotopic (exact) mass is 192 g/mol. The lowest BCUT2D eigenvalue weighted by Crippen LogP contribution is -2.43. The maximum absolute atomic E-state index is 11.8. The summed E-state index contributed by atoms with van der Waals surface area (Å²) in [5, 5.41) is 0. The lowest BCUT2D eigenvalue weighted by Gasteiger charge is -2.36. The third-order valence-corrected chi connectivity index (χ3v) is 3.62. The van der Waals surface area contributed by atoms with E-state index in [1.807, 2.05) is 0 Å². The number of rotatable bonds is 0. The highest BCUT2D eigenvalue weighted by atomic mass is 16.2. The Labute approximate surface area is 84.4 Å². The van der Waals surface area contributed by atoms with Crippen LogP contribution in [-0.2, 0) is 9.59 Å². The summed E-state index contributed by atoms with van der Waals surface area (Å²) in [6, 6.07) is 0. The van der Waals surface area contributed by atoms with Gasteiger partial charge in [-0.3, -0.25) is 9.59 Å². The third-order valence-electron chi connectivity index (χ3n) is 3.62. The van der Waals surface area contributed by atoms with Crippen LogP contribution < -0.4 is 0 Å². The standard InChI is InChI=1S/C12H16O2/c1-9-5-7-12(8-6-9)10(13)3-2-4-11(12)14/h5H,2-4,6-8H2,1H3. The van der Waals surface area contributed by atoms with Gasteiger partial charge in [-0.05, 0) is 32.6 Å². The van der Waals surface area contributed by atoms with E-state index in [1.165, 1.54) is 5.57 Å². The normalized spacial score (nSPS) is 26.5. The second kappa shape index (κ2) is 3.34. The lowest BCUT2D eigenvalue weighted by atomic mass is 9.64. The van der Waals surface area contributed by atoms with E-state index in [4.69, 9.17) is 0 Å². The van der Waals surface area contributed by atoms with E-state index in [0.29, 0.717) is 19.3 Å². The smallest absolute Gasteiger partial charge is 0.146 e. The molecule has 0 heterocycles. The third kappa shape index (κ3) is 1.33. The molecule has 0 radical (unpaired) electrons. The van der Waals surface area contributed by atoms with Crippen LogP contribution in [0.15, 0.2) is 11.6 Å². The van der Waals surface area contributed by atoms with Gasteiger partial charge in [-0.15, -0.1) is 0 Å². The topological polar surface area (TPSA) is 34.1 Å². The minimum absolute atomic E-state index is 0.192. The van der Waals surface area contributed by atoms with Gasteiger partial charge in [-0.2, -0.15) is 0 Å². The summed E-state index contributed by atoms with van der Waals surface area (Å²) >= 11 is 0. The molecule has 1 fully saturated rings. The molecule has 0 aromatic rings. The van der Waals surface area contributed by atoms with E-state index in [9.17, 15) is 9.59 Å². The van der Waals surface area contributed by atoms with Crippen LogP contribution in [0.1, 0.15) is 45.4 Å². The van der Waals surface area contributed by atoms with E-state index < -0.39 is 5.41 Å². The maximum atomic E-state index is 11.8. The average Bonchev–Trinajstić information content (AvgIpc) is 2.17. The first-order chi connectivity index (χ1) is 6.65. The van der Waals surface area contributed by atoms with Crippen molar-refractivity contribution in [2.24, 2.45) is 5.41 Å². The van der Waals surface area contributed by atoms with Gasteiger partial charge in [0, 0.05) is 12.8 Å². The number of allylic oxidation sites excluding steroid dienone is 2. The predicted molar refractivity (Wildman–Crippen MR) is 53.9 cm³/mol. The van der Waals surface area contributed by atoms with Crippen LogP contribution in [0.4, 0.5) is 0 Å². The Bertz CT molecular complexity index is 296. The summed E-state index contributed by atoms with van der Waals surface area (Å²) in [5.41, 5.74) is 0.722. The molecule has 2 aliphatic rings. The van der Waals surface area contributed by atoms with Crippen LogP contribution in [0.3, 0.4) is 0 Å². The van der Waals surface area contributed by atoms with Gasteiger partial charge < -0.3 is 0 Å². The zero-order valence-corrected chi connectivity index (χ0v) is 8.64. The molecule has 2 aliphatic carbocycles. The average molecular weight is 192 g/mol. The Hall–Kier alpha value is -0.920. The summed E-state index contributed by atoms with van der Waals surface area (Å²) < 4.78 is 0. The van der Waals surface area contributed by atoms with Crippen molar-refractivity contribution in [1.29, 1.82) is 0 Å². The number of hydrogen-bond donors (Lipinski definition) is 0. The van der Waals surface area contributed by atoms with Gasteiger partial charge in [0.25, 0.3) is 0 Å². The molecule has 2 rings (SSSR count). The van der Waals surface area contributed by atoms with Crippen LogP contribution in [0.2, 0.25) is 0 Å². The Morgan fingerprint density at radius 2 is 1.79 bits per heavy atom. The number of ketones is 2. The summed E-state index contributed by atoms with van der Waals surface area (Å²) in [4.78, 5) is 23.7. The summed E-state index contributed by atoms with van der Waals surface area (Å²) in [5.74, 6) is 0.384. The van der Waals surface area contributed by atoms with Crippen LogP contribution in [0.5, 0.6) is 0 Å². The molecule has 2 heteroatoms. The van der Waals surface area contributed by atoms with Gasteiger partial charge in [0.05, 0.1) is 5.41 Å². The maximum Gasteiger partial charge on any atom is 0.146 e. The first-order valence-electron chi connectivity index (χ1n) is 5.37. The predicted octanol–water partition coefficient (Wildman–Crippen LogP) is 2.43. The molecule has 0 bridgehead atoms. The molecule has 0 aromatic carbocycles. The quantitative estimate of drug-likeness (QED) is 0.436. The van der Waals surface area contributed by atoms with E-state index in [-0.39, 0.29) is 11.6 Å². The van der Waals surface area contributed by atoms with Crippen molar-refractivity contribution >= 4 is 11.6 Å². The second-order valence-electron chi connectivity index (χ2n) is 4.54. The molecule has 2 nitrogen and oxygen atoms in total. The summed E-state index contributed by atoms with van der Waals surface area (Å²) in [7, 11) is 0. The fourth-order valence-electron chi connectivity index (χ4n) is 2.51. The summed E-state index contributed by atoms with van der Waals surface area (Å²) in [6.45, 7) is 2.07. The van der Waals surface area contributed by atoms with E-state index in [1.54, 1.807) is 0 Å². The molecular weight excluding hydrogens is 176 g/mol. The van der Waals surface area contributed by atoms with Crippen molar-refractivity contribution in [3.63, 3.8) is 0 Å². The molecule has 0 aromatic heterocycles. The Kier molecular flexibility index (Phi) is 2.30. The molecule has 0 aliphatic heterocycles. The van der Waals surface area contributed by atoms with Gasteiger partial charge in [0.15, 0.2) is 0 Å². The van der Waals surface area contributed by atoms with Crippen LogP contribution in [0, 0.1) is 5.41 Å². The molecule has 0 N–H and O–H groups in total. The van der Waals surface area contributed by atoms with Crippen molar-refractivity contribution in [2.45, 2.75) is 45.4 Å². The first-order valence-corrected chi connectivity index (χ1v) is 5.37. The van der Waals surface area contributed by atoms with Crippen molar-refractivity contribution in [3.8, 4) is 0 Å². The number of hydrogen-bond acceptors (Lipinski definition) is 2. The Morgan fingerprint density at radius 3 is 2.29 bits per heavy atom.